The summed E-state index contributed by atoms with van der Waals surface area (Å²) in [6.45, 7) is 13.1. The van der Waals surface area contributed by atoms with Gasteiger partial charge in [-0.25, -0.2) is 0 Å². The summed E-state index contributed by atoms with van der Waals surface area (Å²) in [4.78, 5) is 27.4. The number of likely N-dealkylation sites (tertiary alicyclic amines) is 1. The first-order valence-electron chi connectivity index (χ1n) is 9.14. The SMILES string of the molecule is CCCCOC(=O)C(C(=O)OCC)C1CC(C)(C)N(C)C(C)(C)C1. The monoisotopic (exact) mass is 341 g/mol. The van der Waals surface area contributed by atoms with Crippen molar-refractivity contribution in [2.45, 2.75) is 78.3 Å². The number of unbranched alkanes of at least 4 members (excludes halogenated alkanes) is 1. The Morgan fingerprint density at radius 3 is 2.00 bits per heavy atom. The highest BCUT2D eigenvalue weighted by Gasteiger charge is 2.49. The zero-order valence-corrected chi connectivity index (χ0v) is 16.5. The minimum absolute atomic E-state index is 0.0700. The molecule has 140 valence electrons. The lowest BCUT2D eigenvalue weighted by molar-refractivity contribution is -0.168. The Kier molecular flexibility index (Phi) is 7.26. The van der Waals surface area contributed by atoms with E-state index in [1.54, 1.807) is 6.92 Å². The second-order valence-electron chi connectivity index (χ2n) is 8.10. The van der Waals surface area contributed by atoms with Crippen molar-refractivity contribution in [1.82, 2.24) is 4.90 Å². The van der Waals surface area contributed by atoms with Crippen LogP contribution in [0.25, 0.3) is 0 Å². The molecule has 1 heterocycles. The summed E-state index contributed by atoms with van der Waals surface area (Å²) < 4.78 is 10.6. The van der Waals surface area contributed by atoms with Crippen molar-refractivity contribution in [3.05, 3.63) is 0 Å². The smallest absolute Gasteiger partial charge is 0.320 e. The van der Waals surface area contributed by atoms with Gasteiger partial charge in [-0.3, -0.25) is 14.5 Å². The minimum Gasteiger partial charge on any atom is -0.465 e. The average molecular weight is 341 g/mol. The fourth-order valence-electron chi connectivity index (χ4n) is 3.80. The Balaban J connectivity index is 3.01. The molecule has 1 atom stereocenters. The Hall–Kier alpha value is -1.10. The number of rotatable bonds is 7. The van der Waals surface area contributed by atoms with Crippen molar-refractivity contribution in [1.29, 1.82) is 0 Å². The predicted molar refractivity (Wildman–Crippen MR) is 94.6 cm³/mol. The van der Waals surface area contributed by atoms with Crippen LogP contribution in [0.1, 0.15) is 67.2 Å². The van der Waals surface area contributed by atoms with Crippen LogP contribution in [0, 0.1) is 11.8 Å². The van der Waals surface area contributed by atoms with Crippen molar-refractivity contribution >= 4 is 11.9 Å². The third kappa shape index (κ3) is 4.95. The van der Waals surface area contributed by atoms with Gasteiger partial charge in [0.05, 0.1) is 13.2 Å². The molecule has 1 aliphatic heterocycles. The number of esters is 2. The zero-order valence-electron chi connectivity index (χ0n) is 16.5. The summed E-state index contributed by atoms with van der Waals surface area (Å²) >= 11 is 0. The molecule has 0 aromatic rings. The Morgan fingerprint density at radius 2 is 1.54 bits per heavy atom. The van der Waals surface area contributed by atoms with Gasteiger partial charge in [-0.2, -0.15) is 0 Å². The molecule has 5 nitrogen and oxygen atoms in total. The summed E-state index contributed by atoms with van der Waals surface area (Å²) in [5.41, 5.74) is -0.193. The van der Waals surface area contributed by atoms with Crippen molar-refractivity contribution in [3.63, 3.8) is 0 Å². The maximum atomic E-state index is 12.6. The number of hydrogen-bond donors (Lipinski definition) is 0. The molecule has 1 aliphatic rings. The van der Waals surface area contributed by atoms with E-state index in [1.165, 1.54) is 0 Å². The van der Waals surface area contributed by atoms with Gasteiger partial charge in [-0.15, -0.1) is 0 Å². The molecular weight excluding hydrogens is 306 g/mol. The first kappa shape index (κ1) is 20.9. The van der Waals surface area contributed by atoms with Crippen LogP contribution >= 0.6 is 0 Å². The molecule has 1 saturated heterocycles. The molecule has 0 aromatic carbocycles. The standard InChI is InChI=1S/C19H35NO4/c1-8-10-11-24-17(22)15(16(21)23-9-2)14-12-18(3,4)20(7)19(5,6)13-14/h14-15H,8-13H2,1-7H3. The lowest BCUT2D eigenvalue weighted by Gasteiger charge is -2.54. The van der Waals surface area contributed by atoms with Crippen molar-refractivity contribution in [2.24, 2.45) is 11.8 Å². The molecule has 0 aliphatic carbocycles. The molecule has 24 heavy (non-hydrogen) atoms. The van der Waals surface area contributed by atoms with Gasteiger partial charge in [0.25, 0.3) is 0 Å². The van der Waals surface area contributed by atoms with E-state index < -0.39 is 17.9 Å². The number of carbonyl (C=O) groups excluding carboxylic acids is 2. The molecule has 1 unspecified atom stereocenters. The van der Waals surface area contributed by atoms with Crippen LogP contribution < -0.4 is 0 Å². The molecule has 0 spiro atoms. The Labute approximate surface area is 147 Å². The van der Waals surface area contributed by atoms with Crippen LogP contribution in [-0.4, -0.2) is 48.2 Å². The molecule has 0 bridgehead atoms. The third-order valence-corrected chi connectivity index (χ3v) is 5.35. The summed E-state index contributed by atoms with van der Waals surface area (Å²) in [7, 11) is 2.11. The highest BCUT2D eigenvalue weighted by Crippen LogP contribution is 2.43. The quantitative estimate of drug-likeness (QED) is 0.403. The number of piperidine rings is 1. The topological polar surface area (TPSA) is 55.8 Å². The molecule has 0 radical (unpaired) electrons. The van der Waals surface area contributed by atoms with Gasteiger partial charge < -0.3 is 9.47 Å². The van der Waals surface area contributed by atoms with Gasteiger partial charge >= 0.3 is 11.9 Å². The lowest BCUT2D eigenvalue weighted by atomic mass is 9.69. The summed E-state index contributed by atoms with van der Waals surface area (Å²) in [6.07, 6.45) is 3.29. The Morgan fingerprint density at radius 1 is 1.04 bits per heavy atom. The third-order valence-electron chi connectivity index (χ3n) is 5.35. The van der Waals surface area contributed by atoms with E-state index in [9.17, 15) is 9.59 Å². The molecular formula is C19H35NO4. The van der Waals surface area contributed by atoms with Gasteiger partial charge in [0.1, 0.15) is 0 Å². The van der Waals surface area contributed by atoms with E-state index in [1.807, 2.05) is 6.92 Å². The zero-order chi connectivity index (χ0) is 18.5. The molecule has 0 aromatic heterocycles. The van der Waals surface area contributed by atoms with E-state index in [2.05, 4.69) is 39.6 Å². The van der Waals surface area contributed by atoms with Gasteiger partial charge in [0.2, 0.25) is 0 Å². The van der Waals surface area contributed by atoms with Gasteiger partial charge in [0.15, 0.2) is 5.92 Å². The van der Waals surface area contributed by atoms with Crippen LogP contribution in [0.2, 0.25) is 0 Å². The van der Waals surface area contributed by atoms with Crippen LogP contribution in [0.5, 0.6) is 0 Å². The normalized spacial score (nSPS) is 22.0. The second-order valence-corrected chi connectivity index (χ2v) is 8.10. The van der Waals surface area contributed by atoms with E-state index >= 15 is 0 Å². The van der Waals surface area contributed by atoms with Crippen molar-refractivity contribution < 1.29 is 19.1 Å². The number of carbonyl (C=O) groups is 2. The van der Waals surface area contributed by atoms with Crippen molar-refractivity contribution in [3.8, 4) is 0 Å². The van der Waals surface area contributed by atoms with Gasteiger partial charge in [0, 0.05) is 11.1 Å². The minimum atomic E-state index is -0.825. The highest BCUT2D eigenvalue weighted by atomic mass is 16.6. The molecule has 0 saturated carbocycles. The summed E-state index contributed by atoms with van der Waals surface area (Å²) in [5, 5.41) is 0. The van der Waals surface area contributed by atoms with E-state index in [-0.39, 0.29) is 23.6 Å². The Bertz CT molecular complexity index is 427. The summed E-state index contributed by atoms with van der Waals surface area (Å²) in [5.74, 6) is -1.77. The molecule has 1 fully saturated rings. The molecule has 0 N–H and O–H groups in total. The van der Waals surface area contributed by atoms with Crippen LogP contribution in [0.4, 0.5) is 0 Å². The summed E-state index contributed by atoms with van der Waals surface area (Å²) in [6, 6.07) is 0. The second kappa shape index (κ2) is 8.32. The molecule has 1 rings (SSSR count). The van der Waals surface area contributed by atoms with E-state index in [0.717, 1.165) is 25.7 Å². The fourth-order valence-corrected chi connectivity index (χ4v) is 3.80. The van der Waals surface area contributed by atoms with Gasteiger partial charge in [-0.1, -0.05) is 13.3 Å². The van der Waals surface area contributed by atoms with Gasteiger partial charge in [-0.05, 0) is 66.8 Å². The van der Waals surface area contributed by atoms with E-state index in [4.69, 9.17) is 9.47 Å². The van der Waals surface area contributed by atoms with Crippen LogP contribution in [-0.2, 0) is 19.1 Å². The number of ether oxygens (including phenoxy) is 2. The lowest BCUT2D eigenvalue weighted by Crippen LogP contribution is -2.60. The van der Waals surface area contributed by atoms with E-state index in [0.29, 0.717) is 6.61 Å². The van der Waals surface area contributed by atoms with Crippen LogP contribution in [0.15, 0.2) is 0 Å². The average Bonchev–Trinajstić information content (AvgIpc) is 2.45. The molecule has 0 amide bonds. The van der Waals surface area contributed by atoms with Crippen LogP contribution in [0.3, 0.4) is 0 Å². The number of nitrogens with zero attached hydrogens (tertiary/aromatic N) is 1. The fraction of sp³-hybridized carbons (Fsp3) is 0.895. The molecule has 5 heteroatoms. The predicted octanol–water partition coefficient (Wildman–Crippen LogP) is 3.41. The largest absolute Gasteiger partial charge is 0.465 e. The number of hydrogen-bond acceptors (Lipinski definition) is 5. The highest BCUT2D eigenvalue weighted by molar-refractivity contribution is 5.95. The first-order chi connectivity index (χ1) is 11.1. The maximum Gasteiger partial charge on any atom is 0.320 e. The van der Waals surface area contributed by atoms with Crippen molar-refractivity contribution in [2.75, 3.05) is 20.3 Å². The first-order valence-corrected chi connectivity index (χ1v) is 9.14. The maximum absolute atomic E-state index is 12.6.